The van der Waals surface area contributed by atoms with Crippen molar-refractivity contribution in [2.45, 2.75) is 0 Å². The molecule has 11 aromatic rings. The first-order valence-electron chi connectivity index (χ1n) is 20.6. The van der Waals surface area contributed by atoms with E-state index in [1.807, 2.05) is 0 Å². The van der Waals surface area contributed by atoms with E-state index in [0.717, 1.165) is 28.3 Å². The van der Waals surface area contributed by atoms with Gasteiger partial charge in [-0.3, -0.25) is 0 Å². The number of anilines is 3. The van der Waals surface area contributed by atoms with Crippen LogP contribution in [0.5, 0.6) is 0 Å². The van der Waals surface area contributed by atoms with E-state index in [1.165, 1.54) is 71.6 Å². The van der Waals surface area contributed by atoms with Gasteiger partial charge < -0.3 is 9.47 Å². The van der Waals surface area contributed by atoms with Gasteiger partial charge in [-0.1, -0.05) is 188 Å². The first-order valence-corrected chi connectivity index (χ1v) is 20.6. The van der Waals surface area contributed by atoms with Crippen molar-refractivity contribution in [2.24, 2.45) is 0 Å². The van der Waals surface area contributed by atoms with Crippen molar-refractivity contribution in [1.82, 2.24) is 4.57 Å². The summed E-state index contributed by atoms with van der Waals surface area (Å²) in [5, 5.41) is 4.84. The van der Waals surface area contributed by atoms with Crippen LogP contribution in [-0.2, 0) is 0 Å². The molecule has 282 valence electrons. The van der Waals surface area contributed by atoms with Crippen molar-refractivity contribution in [3.05, 3.63) is 243 Å². The van der Waals surface area contributed by atoms with Crippen LogP contribution in [-0.4, -0.2) is 4.57 Å². The van der Waals surface area contributed by atoms with E-state index in [4.69, 9.17) is 0 Å². The molecule has 0 amide bonds. The van der Waals surface area contributed by atoms with Gasteiger partial charge in [0.05, 0.1) is 16.7 Å². The highest BCUT2D eigenvalue weighted by Gasteiger charge is 2.22. The Morgan fingerprint density at radius 2 is 0.783 bits per heavy atom. The second kappa shape index (κ2) is 15.1. The molecule has 1 heterocycles. The maximum atomic E-state index is 2.45. The molecule has 2 heteroatoms. The summed E-state index contributed by atoms with van der Waals surface area (Å²) in [5.74, 6) is 0. The van der Waals surface area contributed by atoms with E-state index in [2.05, 4.69) is 252 Å². The van der Waals surface area contributed by atoms with Crippen LogP contribution < -0.4 is 4.90 Å². The fourth-order valence-electron chi connectivity index (χ4n) is 8.90. The molecular weight excluding hydrogens is 725 g/mol. The predicted molar refractivity (Wildman–Crippen MR) is 255 cm³/mol. The lowest BCUT2D eigenvalue weighted by Crippen LogP contribution is -2.11. The maximum Gasteiger partial charge on any atom is 0.0561 e. The number of benzene rings is 10. The molecule has 60 heavy (non-hydrogen) atoms. The van der Waals surface area contributed by atoms with Crippen LogP contribution in [0, 0.1) is 0 Å². The Bertz CT molecular complexity index is 3280. The van der Waals surface area contributed by atoms with Crippen molar-refractivity contribution >= 4 is 49.6 Å². The summed E-state index contributed by atoms with van der Waals surface area (Å²) >= 11 is 0. The number of rotatable bonds is 8. The lowest BCUT2D eigenvalue weighted by Gasteiger charge is -2.29. The lowest BCUT2D eigenvalue weighted by atomic mass is 9.94. The summed E-state index contributed by atoms with van der Waals surface area (Å²) in [7, 11) is 0. The zero-order chi connectivity index (χ0) is 39.8. The molecule has 10 aromatic carbocycles. The van der Waals surface area contributed by atoms with E-state index < -0.39 is 0 Å². The van der Waals surface area contributed by atoms with Crippen molar-refractivity contribution in [1.29, 1.82) is 0 Å². The number of hydrogen-bond acceptors (Lipinski definition) is 1. The molecule has 0 aliphatic heterocycles. The van der Waals surface area contributed by atoms with Crippen LogP contribution in [0.4, 0.5) is 17.1 Å². The molecule has 0 aliphatic rings. The van der Waals surface area contributed by atoms with Crippen molar-refractivity contribution in [2.75, 3.05) is 4.90 Å². The topological polar surface area (TPSA) is 8.17 Å². The molecule has 0 saturated heterocycles. The lowest BCUT2D eigenvalue weighted by molar-refractivity contribution is 1.18. The first kappa shape index (κ1) is 35.2. The van der Waals surface area contributed by atoms with E-state index in [1.54, 1.807) is 0 Å². The summed E-state index contributed by atoms with van der Waals surface area (Å²) in [5.41, 5.74) is 16.2. The standard InChI is InChI=1S/C58H40N2/c1-5-17-41(18-6-1)42-29-31-48(32-30-42)59(57-38-47-26-14-13-25-46(47)37-55(57)45-23-11-4-12-24-45)50-34-36-53-52-27-15-16-28-56(52)60(58(53)40-50)49-33-35-51(43-19-7-2-8-20-43)54(39-49)44-21-9-3-10-22-44/h1-40H. The van der Waals surface area contributed by atoms with Crippen LogP contribution in [0.1, 0.15) is 0 Å². The number of aromatic nitrogens is 1. The first-order chi connectivity index (χ1) is 29.8. The molecule has 0 N–H and O–H groups in total. The third-order valence-electron chi connectivity index (χ3n) is 11.8. The number of para-hydroxylation sites is 1. The zero-order valence-electron chi connectivity index (χ0n) is 33.0. The average Bonchev–Trinajstić information content (AvgIpc) is 3.66. The maximum absolute atomic E-state index is 2.45. The molecular formula is C58H40N2. The third-order valence-corrected chi connectivity index (χ3v) is 11.8. The molecule has 0 bridgehead atoms. The van der Waals surface area contributed by atoms with Gasteiger partial charge >= 0.3 is 0 Å². The van der Waals surface area contributed by atoms with Gasteiger partial charge in [0.2, 0.25) is 0 Å². The second-order valence-corrected chi connectivity index (χ2v) is 15.3. The van der Waals surface area contributed by atoms with Crippen LogP contribution in [0.15, 0.2) is 243 Å². The van der Waals surface area contributed by atoms with Crippen LogP contribution in [0.2, 0.25) is 0 Å². The minimum absolute atomic E-state index is 1.08. The number of nitrogens with zero attached hydrogens (tertiary/aromatic N) is 2. The van der Waals surface area contributed by atoms with E-state index >= 15 is 0 Å². The van der Waals surface area contributed by atoms with Gasteiger partial charge in [0.25, 0.3) is 0 Å². The summed E-state index contributed by atoms with van der Waals surface area (Å²) in [6, 6.07) is 88.0. The SMILES string of the molecule is c1ccc(-c2ccc(N(c3ccc4c5ccccc5n(-c5ccc(-c6ccccc6)c(-c6ccccc6)c5)c4c3)c3cc4ccccc4cc3-c3ccccc3)cc2)cc1. The van der Waals surface area contributed by atoms with Gasteiger partial charge in [0.15, 0.2) is 0 Å². The summed E-state index contributed by atoms with van der Waals surface area (Å²) in [6.07, 6.45) is 0. The van der Waals surface area contributed by atoms with Crippen molar-refractivity contribution in [3.63, 3.8) is 0 Å². The van der Waals surface area contributed by atoms with Gasteiger partial charge in [-0.2, -0.15) is 0 Å². The Labute approximate surface area is 350 Å². The molecule has 0 aliphatic carbocycles. The molecule has 0 saturated carbocycles. The molecule has 0 fully saturated rings. The summed E-state index contributed by atoms with van der Waals surface area (Å²) < 4.78 is 2.45. The van der Waals surface area contributed by atoms with Gasteiger partial charge in [-0.25, -0.2) is 0 Å². The molecule has 2 nitrogen and oxygen atoms in total. The normalized spacial score (nSPS) is 11.3. The summed E-state index contributed by atoms with van der Waals surface area (Å²) in [4.78, 5) is 2.44. The molecule has 0 spiro atoms. The Balaban J connectivity index is 1.16. The Morgan fingerprint density at radius 1 is 0.283 bits per heavy atom. The highest BCUT2D eigenvalue weighted by molar-refractivity contribution is 6.11. The largest absolute Gasteiger partial charge is 0.310 e. The fraction of sp³-hybridized carbons (Fsp3) is 0. The third kappa shape index (κ3) is 6.32. The Morgan fingerprint density at radius 3 is 1.45 bits per heavy atom. The smallest absolute Gasteiger partial charge is 0.0561 e. The highest BCUT2D eigenvalue weighted by Crippen LogP contribution is 2.45. The second-order valence-electron chi connectivity index (χ2n) is 15.3. The zero-order valence-corrected chi connectivity index (χ0v) is 33.0. The molecule has 1 aromatic heterocycles. The molecule has 0 atom stereocenters. The predicted octanol–water partition coefficient (Wildman–Crippen LogP) is 16.1. The fourth-order valence-corrected chi connectivity index (χ4v) is 8.90. The van der Waals surface area contributed by atoms with Gasteiger partial charge in [-0.15, -0.1) is 0 Å². The van der Waals surface area contributed by atoms with E-state index in [9.17, 15) is 0 Å². The summed E-state index contributed by atoms with van der Waals surface area (Å²) in [6.45, 7) is 0. The van der Waals surface area contributed by atoms with Gasteiger partial charge in [0.1, 0.15) is 0 Å². The van der Waals surface area contributed by atoms with Crippen molar-refractivity contribution in [3.8, 4) is 50.2 Å². The van der Waals surface area contributed by atoms with Gasteiger partial charge in [-0.05, 0) is 104 Å². The van der Waals surface area contributed by atoms with Crippen LogP contribution in [0.3, 0.4) is 0 Å². The van der Waals surface area contributed by atoms with Crippen LogP contribution in [0.25, 0.3) is 82.8 Å². The molecule has 0 radical (unpaired) electrons. The van der Waals surface area contributed by atoms with Crippen LogP contribution >= 0.6 is 0 Å². The quantitative estimate of drug-likeness (QED) is 0.150. The molecule has 11 rings (SSSR count). The van der Waals surface area contributed by atoms with E-state index in [0.29, 0.717) is 0 Å². The molecule has 0 unspecified atom stereocenters. The Kier molecular flexibility index (Phi) is 8.87. The van der Waals surface area contributed by atoms with Crippen molar-refractivity contribution < 1.29 is 0 Å². The minimum Gasteiger partial charge on any atom is -0.310 e. The average molecular weight is 765 g/mol. The number of fused-ring (bicyclic) bond motifs is 4. The van der Waals surface area contributed by atoms with E-state index in [-0.39, 0.29) is 0 Å². The minimum atomic E-state index is 1.08. The number of hydrogen-bond donors (Lipinski definition) is 0. The van der Waals surface area contributed by atoms with Gasteiger partial charge in [0, 0.05) is 33.4 Å². The Hall–Kier alpha value is -7.94. The monoisotopic (exact) mass is 764 g/mol. The highest BCUT2D eigenvalue weighted by atomic mass is 15.1.